The minimum Gasteiger partial charge on any atom is -0.313 e. The van der Waals surface area contributed by atoms with Gasteiger partial charge in [-0.05, 0) is 58.7 Å². The van der Waals surface area contributed by atoms with E-state index in [1.165, 1.54) is 6.07 Å². The second-order valence-electron chi connectivity index (χ2n) is 4.19. The van der Waals surface area contributed by atoms with Crippen molar-refractivity contribution in [3.63, 3.8) is 0 Å². The third-order valence-electron chi connectivity index (χ3n) is 2.97. The lowest BCUT2D eigenvalue weighted by molar-refractivity contribution is 0.583. The fourth-order valence-electron chi connectivity index (χ4n) is 1.91. The van der Waals surface area contributed by atoms with E-state index >= 15 is 0 Å². The lowest BCUT2D eigenvalue weighted by Gasteiger charge is -2.18. The molecule has 2 rings (SSSR count). The third-order valence-corrected chi connectivity index (χ3v) is 3.92. The summed E-state index contributed by atoms with van der Waals surface area (Å²) in [7, 11) is 1.87. The molecule has 1 atom stereocenters. The standard InChI is InChI=1S/C14H13BrClFN2/c1-18-14(7-9-4-5-19-8-12(9)16)10-2-3-13(17)11(15)6-10/h2-6,8,14,18H,7H2,1H3. The first-order valence-corrected chi connectivity index (χ1v) is 6.99. The van der Waals surface area contributed by atoms with E-state index < -0.39 is 0 Å². The monoisotopic (exact) mass is 342 g/mol. The molecule has 0 bridgehead atoms. The SMILES string of the molecule is CNC(Cc1ccncc1Cl)c1ccc(F)c(Br)c1. The first-order valence-electron chi connectivity index (χ1n) is 5.82. The Hall–Kier alpha value is -0.970. The Morgan fingerprint density at radius 2 is 2.21 bits per heavy atom. The zero-order valence-corrected chi connectivity index (χ0v) is 12.7. The molecule has 5 heteroatoms. The third kappa shape index (κ3) is 3.53. The molecule has 0 saturated carbocycles. The van der Waals surface area contributed by atoms with Gasteiger partial charge in [-0.15, -0.1) is 0 Å². The van der Waals surface area contributed by atoms with E-state index in [9.17, 15) is 4.39 Å². The summed E-state index contributed by atoms with van der Waals surface area (Å²) >= 11 is 9.31. The Bertz CT molecular complexity index is 577. The summed E-state index contributed by atoms with van der Waals surface area (Å²) in [5.41, 5.74) is 2.01. The highest BCUT2D eigenvalue weighted by molar-refractivity contribution is 9.10. The minimum atomic E-state index is -0.263. The van der Waals surface area contributed by atoms with Gasteiger partial charge >= 0.3 is 0 Å². The van der Waals surface area contributed by atoms with Gasteiger partial charge in [-0.2, -0.15) is 0 Å². The number of halogens is 3. The molecule has 2 nitrogen and oxygen atoms in total. The zero-order chi connectivity index (χ0) is 13.8. The maximum atomic E-state index is 13.3. The van der Waals surface area contributed by atoms with E-state index in [-0.39, 0.29) is 11.9 Å². The van der Waals surface area contributed by atoms with Crippen LogP contribution in [0.25, 0.3) is 0 Å². The largest absolute Gasteiger partial charge is 0.313 e. The maximum absolute atomic E-state index is 13.3. The molecule has 1 aromatic carbocycles. The fraction of sp³-hybridized carbons (Fsp3) is 0.214. The number of nitrogens with one attached hydrogen (secondary N) is 1. The average Bonchev–Trinajstić information content (AvgIpc) is 2.41. The smallest absolute Gasteiger partial charge is 0.137 e. The van der Waals surface area contributed by atoms with Crippen molar-refractivity contribution < 1.29 is 4.39 Å². The molecule has 0 saturated heterocycles. The van der Waals surface area contributed by atoms with Gasteiger partial charge in [0.1, 0.15) is 5.82 Å². The summed E-state index contributed by atoms with van der Waals surface area (Å²) in [5, 5.41) is 3.86. The average molecular weight is 344 g/mol. The Morgan fingerprint density at radius 1 is 1.42 bits per heavy atom. The van der Waals surface area contributed by atoms with Crippen molar-refractivity contribution in [1.82, 2.24) is 10.3 Å². The molecule has 0 radical (unpaired) electrons. The first-order chi connectivity index (χ1) is 9.11. The molecule has 19 heavy (non-hydrogen) atoms. The van der Waals surface area contributed by atoms with Gasteiger partial charge in [-0.1, -0.05) is 17.7 Å². The van der Waals surface area contributed by atoms with E-state index in [2.05, 4.69) is 26.2 Å². The highest BCUT2D eigenvalue weighted by Crippen LogP contribution is 2.25. The van der Waals surface area contributed by atoms with Crippen molar-refractivity contribution in [2.24, 2.45) is 0 Å². The van der Waals surface area contributed by atoms with Gasteiger partial charge < -0.3 is 5.32 Å². The van der Waals surface area contributed by atoms with Crippen LogP contribution in [-0.2, 0) is 6.42 Å². The molecule has 1 heterocycles. The van der Waals surface area contributed by atoms with Crippen molar-refractivity contribution in [2.75, 3.05) is 7.05 Å². The molecule has 1 N–H and O–H groups in total. The van der Waals surface area contributed by atoms with Crippen molar-refractivity contribution in [1.29, 1.82) is 0 Å². The normalized spacial score (nSPS) is 12.4. The van der Waals surface area contributed by atoms with Crippen molar-refractivity contribution in [3.05, 3.63) is 63.1 Å². The molecule has 100 valence electrons. The zero-order valence-electron chi connectivity index (χ0n) is 10.3. The van der Waals surface area contributed by atoms with E-state index in [1.54, 1.807) is 24.5 Å². The van der Waals surface area contributed by atoms with Gasteiger partial charge in [0.25, 0.3) is 0 Å². The first kappa shape index (κ1) is 14.4. The van der Waals surface area contributed by atoms with E-state index in [0.29, 0.717) is 9.50 Å². The molecule has 0 amide bonds. The molecule has 0 spiro atoms. The highest BCUT2D eigenvalue weighted by atomic mass is 79.9. The van der Waals surface area contributed by atoms with Crippen molar-refractivity contribution in [2.45, 2.75) is 12.5 Å². The number of aromatic nitrogens is 1. The highest BCUT2D eigenvalue weighted by Gasteiger charge is 2.13. The summed E-state index contributed by atoms with van der Waals surface area (Å²) in [4.78, 5) is 3.97. The predicted octanol–water partition coefficient (Wildman–Crippen LogP) is 4.14. The van der Waals surface area contributed by atoms with E-state index in [0.717, 1.165) is 17.5 Å². The van der Waals surface area contributed by atoms with Gasteiger partial charge in [0.15, 0.2) is 0 Å². The Labute approximate surface area is 125 Å². The van der Waals surface area contributed by atoms with Crippen molar-refractivity contribution >= 4 is 27.5 Å². The number of pyridine rings is 1. The van der Waals surface area contributed by atoms with Gasteiger partial charge in [0.05, 0.1) is 9.50 Å². The number of likely N-dealkylation sites (N-methyl/N-ethyl adjacent to an activating group) is 1. The number of nitrogens with zero attached hydrogens (tertiary/aromatic N) is 1. The Balaban J connectivity index is 2.25. The second-order valence-corrected chi connectivity index (χ2v) is 5.45. The van der Waals surface area contributed by atoms with Crippen LogP contribution in [0.5, 0.6) is 0 Å². The molecule has 0 aliphatic rings. The molecule has 0 aliphatic carbocycles. The van der Waals surface area contributed by atoms with Gasteiger partial charge in [-0.25, -0.2) is 4.39 Å². The van der Waals surface area contributed by atoms with Crippen LogP contribution in [0.2, 0.25) is 5.02 Å². The summed E-state index contributed by atoms with van der Waals surface area (Å²) in [6.45, 7) is 0. The molecule has 0 aliphatic heterocycles. The number of benzene rings is 1. The molecular formula is C14H13BrClFN2. The van der Waals surface area contributed by atoms with Crippen LogP contribution in [0, 0.1) is 5.82 Å². The summed E-state index contributed by atoms with van der Waals surface area (Å²) in [6, 6.07) is 6.97. The fourth-order valence-corrected chi connectivity index (χ4v) is 2.50. The number of hydrogen-bond acceptors (Lipinski definition) is 2. The number of rotatable bonds is 4. The molecule has 2 aromatic rings. The minimum absolute atomic E-state index is 0.0665. The van der Waals surface area contributed by atoms with Crippen LogP contribution >= 0.6 is 27.5 Å². The topological polar surface area (TPSA) is 24.9 Å². The Morgan fingerprint density at radius 3 is 2.84 bits per heavy atom. The Kier molecular flexibility index (Phi) is 4.91. The summed E-state index contributed by atoms with van der Waals surface area (Å²) < 4.78 is 13.7. The summed E-state index contributed by atoms with van der Waals surface area (Å²) in [6.07, 6.45) is 4.06. The lowest BCUT2D eigenvalue weighted by atomic mass is 9.99. The van der Waals surface area contributed by atoms with Gasteiger partial charge in [0.2, 0.25) is 0 Å². The molecule has 1 aromatic heterocycles. The van der Waals surface area contributed by atoms with Gasteiger partial charge in [-0.3, -0.25) is 4.98 Å². The molecular weight excluding hydrogens is 331 g/mol. The summed E-state index contributed by atoms with van der Waals surface area (Å²) in [5.74, 6) is -0.263. The quantitative estimate of drug-likeness (QED) is 0.902. The number of hydrogen-bond donors (Lipinski definition) is 1. The van der Waals surface area contributed by atoms with Crippen LogP contribution in [0.1, 0.15) is 17.2 Å². The van der Waals surface area contributed by atoms with E-state index in [4.69, 9.17) is 11.6 Å². The predicted molar refractivity (Wildman–Crippen MR) is 78.9 cm³/mol. The molecule has 0 fully saturated rings. The van der Waals surface area contributed by atoms with Crippen LogP contribution in [0.3, 0.4) is 0 Å². The van der Waals surface area contributed by atoms with Crippen LogP contribution in [0.4, 0.5) is 4.39 Å². The van der Waals surface area contributed by atoms with Crippen molar-refractivity contribution in [3.8, 4) is 0 Å². The maximum Gasteiger partial charge on any atom is 0.137 e. The van der Waals surface area contributed by atoms with Crippen LogP contribution in [0.15, 0.2) is 41.1 Å². The van der Waals surface area contributed by atoms with Crippen LogP contribution < -0.4 is 5.32 Å². The lowest BCUT2D eigenvalue weighted by Crippen LogP contribution is -2.19. The van der Waals surface area contributed by atoms with Crippen LogP contribution in [-0.4, -0.2) is 12.0 Å². The molecule has 1 unspecified atom stereocenters. The van der Waals surface area contributed by atoms with E-state index in [1.807, 2.05) is 13.1 Å². The second kappa shape index (κ2) is 6.46. The van der Waals surface area contributed by atoms with Gasteiger partial charge in [0, 0.05) is 18.4 Å².